The van der Waals surface area contributed by atoms with Gasteiger partial charge in [-0.1, -0.05) is 0 Å². The smallest absolute Gasteiger partial charge is 0.252 e. The van der Waals surface area contributed by atoms with Crippen molar-refractivity contribution in [2.24, 2.45) is 0 Å². The first-order valence-corrected chi connectivity index (χ1v) is 4.58. The average molecular weight is 361 g/mol. The number of rotatable bonds is 2. The molecule has 15 heteroatoms. The third-order valence-corrected chi connectivity index (χ3v) is 2.62. The number of carbonyl (C=O) groups is 1. The summed E-state index contributed by atoms with van der Waals surface area (Å²) in [5.41, 5.74) is 0. The molecule has 1 fully saturated rings. The highest BCUT2D eigenvalue weighted by Gasteiger charge is 2.98. The Hall–Kier alpha value is -1.28. The summed E-state index contributed by atoms with van der Waals surface area (Å²) < 4.78 is 165. The van der Waals surface area contributed by atoms with Gasteiger partial charge in [-0.05, 0) is 0 Å². The van der Waals surface area contributed by atoms with Crippen LogP contribution in [0.25, 0.3) is 0 Å². The zero-order valence-corrected chi connectivity index (χ0v) is 9.27. The Morgan fingerprint density at radius 1 is 0.682 bits per heavy atom. The Bertz CT molecular complexity index is 467. The van der Waals surface area contributed by atoms with E-state index in [-0.39, 0.29) is 0 Å². The molecule has 0 atom stereocenters. The molecule has 0 aliphatic carbocycles. The molecule has 0 amide bonds. The molecule has 22 heavy (non-hydrogen) atoms. The molecule has 0 unspecified atom stereocenters. The van der Waals surface area contributed by atoms with E-state index < -0.39 is 46.8 Å². The van der Waals surface area contributed by atoms with Crippen molar-refractivity contribution in [3.8, 4) is 0 Å². The van der Waals surface area contributed by atoms with E-state index in [0.717, 1.165) is 0 Å². The summed E-state index contributed by atoms with van der Waals surface area (Å²) in [6.07, 6.45) is 0. The minimum Gasteiger partial charge on any atom is -0.252 e. The minimum atomic E-state index is -7.50. The van der Waals surface area contributed by atoms with Crippen LogP contribution < -0.4 is 0 Å². The summed E-state index contributed by atoms with van der Waals surface area (Å²) >= 11 is 0. The highest BCUT2D eigenvalue weighted by molar-refractivity contribution is 5.76. The molecule has 0 aromatic rings. The van der Waals surface area contributed by atoms with E-state index in [1.54, 1.807) is 0 Å². The molecule has 1 saturated heterocycles. The van der Waals surface area contributed by atoms with Crippen LogP contribution in [0.3, 0.4) is 0 Å². The lowest BCUT2D eigenvalue weighted by Gasteiger charge is -2.51. The van der Waals surface area contributed by atoms with E-state index in [1.807, 2.05) is 0 Å². The summed E-state index contributed by atoms with van der Waals surface area (Å²) in [7, 11) is 0. The first-order chi connectivity index (χ1) is 9.31. The maximum absolute atomic E-state index is 12.9. The summed E-state index contributed by atoms with van der Waals surface area (Å²) in [6.45, 7) is 0. The van der Waals surface area contributed by atoms with Gasteiger partial charge in [0.05, 0.1) is 0 Å². The standard InChI is InChI=1S/C7F13NO/c8-1(22)2(9,10)21-6(17,18)4(13,14)3(11,12)5(15,16)7(21,19)20. The molecular formula is C7F13NO. The third-order valence-electron chi connectivity index (χ3n) is 2.62. The lowest BCUT2D eigenvalue weighted by molar-refractivity contribution is -0.530. The molecule has 130 valence electrons. The highest BCUT2D eigenvalue weighted by Crippen LogP contribution is 2.66. The van der Waals surface area contributed by atoms with Crippen molar-refractivity contribution in [2.75, 3.05) is 0 Å². The van der Waals surface area contributed by atoms with Crippen molar-refractivity contribution in [3.05, 3.63) is 0 Å². The number of hydrogen-bond acceptors (Lipinski definition) is 2. The third kappa shape index (κ3) is 1.70. The van der Waals surface area contributed by atoms with E-state index >= 15 is 0 Å². The van der Waals surface area contributed by atoms with Gasteiger partial charge < -0.3 is 0 Å². The molecule has 1 aliphatic heterocycles. The van der Waals surface area contributed by atoms with Crippen molar-refractivity contribution >= 4 is 6.04 Å². The second-order valence-electron chi connectivity index (χ2n) is 3.96. The number of alkyl halides is 12. The zero-order valence-electron chi connectivity index (χ0n) is 9.27. The topological polar surface area (TPSA) is 20.3 Å². The van der Waals surface area contributed by atoms with Gasteiger partial charge in [0.2, 0.25) is 0 Å². The van der Waals surface area contributed by atoms with Crippen molar-refractivity contribution in [3.63, 3.8) is 0 Å². The van der Waals surface area contributed by atoms with E-state index in [4.69, 9.17) is 0 Å². The molecule has 0 aromatic carbocycles. The molecule has 1 aliphatic rings. The summed E-state index contributed by atoms with van der Waals surface area (Å²) in [5.74, 6) is -22.5. The number of piperidine rings is 1. The van der Waals surface area contributed by atoms with Crippen LogP contribution in [-0.2, 0) is 4.79 Å². The van der Waals surface area contributed by atoms with Crippen LogP contribution in [0.5, 0.6) is 0 Å². The van der Waals surface area contributed by atoms with Crippen molar-refractivity contribution < 1.29 is 61.9 Å². The van der Waals surface area contributed by atoms with Crippen LogP contribution in [0.2, 0.25) is 0 Å². The van der Waals surface area contributed by atoms with Crippen molar-refractivity contribution in [2.45, 2.75) is 35.9 Å². The van der Waals surface area contributed by atoms with E-state index in [0.29, 0.717) is 0 Å². The molecule has 2 nitrogen and oxygen atoms in total. The monoisotopic (exact) mass is 361 g/mol. The molecule has 0 N–H and O–H groups in total. The fourth-order valence-corrected chi connectivity index (χ4v) is 1.47. The van der Waals surface area contributed by atoms with Gasteiger partial charge in [0.15, 0.2) is 0 Å². The Kier molecular flexibility index (Phi) is 3.56. The Labute approximate surface area is 110 Å². The first-order valence-electron chi connectivity index (χ1n) is 4.58. The Morgan fingerprint density at radius 3 is 1.18 bits per heavy atom. The van der Waals surface area contributed by atoms with Gasteiger partial charge in [-0.15, -0.1) is 4.90 Å². The second-order valence-corrected chi connectivity index (χ2v) is 3.96. The van der Waals surface area contributed by atoms with Crippen LogP contribution in [0, 0.1) is 0 Å². The van der Waals surface area contributed by atoms with Crippen LogP contribution in [0.15, 0.2) is 0 Å². The molecule has 0 saturated carbocycles. The van der Waals surface area contributed by atoms with Crippen LogP contribution in [-0.4, -0.2) is 46.8 Å². The molecule has 0 spiro atoms. The van der Waals surface area contributed by atoms with Gasteiger partial charge in [0.25, 0.3) is 0 Å². The second kappa shape index (κ2) is 4.17. The molecule has 0 radical (unpaired) electrons. The van der Waals surface area contributed by atoms with Crippen LogP contribution >= 0.6 is 0 Å². The summed E-state index contributed by atoms with van der Waals surface area (Å²) in [5, 5.41) is 0. The van der Waals surface area contributed by atoms with Gasteiger partial charge in [-0.25, -0.2) is 0 Å². The van der Waals surface area contributed by atoms with E-state index in [1.165, 1.54) is 0 Å². The Morgan fingerprint density at radius 2 is 0.955 bits per heavy atom. The van der Waals surface area contributed by atoms with E-state index in [2.05, 4.69) is 0 Å². The molecule has 0 aromatic heterocycles. The van der Waals surface area contributed by atoms with Crippen LogP contribution in [0.1, 0.15) is 0 Å². The number of nitrogens with zero attached hydrogens (tertiary/aromatic N) is 1. The van der Waals surface area contributed by atoms with Crippen molar-refractivity contribution in [1.82, 2.24) is 4.90 Å². The van der Waals surface area contributed by atoms with Crippen molar-refractivity contribution in [1.29, 1.82) is 0 Å². The Balaban J connectivity index is 3.82. The minimum absolute atomic E-state index is 3.85. The normalized spacial score (nSPS) is 29.1. The molecule has 0 bridgehead atoms. The highest BCUT2D eigenvalue weighted by atomic mass is 19.4. The largest absolute Gasteiger partial charge is 0.404 e. The zero-order chi connectivity index (χ0) is 18.2. The fourth-order valence-electron chi connectivity index (χ4n) is 1.47. The average Bonchev–Trinajstić information content (AvgIpc) is 2.24. The quantitative estimate of drug-likeness (QED) is 0.427. The van der Waals surface area contributed by atoms with Gasteiger partial charge >= 0.3 is 41.9 Å². The lowest BCUT2D eigenvalue weighted by Crippen LogP contribution is -2.84. The van der Waals surface area contributed by atoms with Gasteiger partial charge in [-0.3, -0.25) is 4.79 Å². The van der Waals surface area contributed by atoms with E-state index in [9.17, 15) is 61.9 Å². The van der Waals surface area contributed by atoms with Gasteiger partial charge in [-0.2, -0.15) is 57.1 Å². The number of carbonyl (C=O) groups excluding carboxylic acids is 1. The number of likely N-dealkylation sites (tertiary alicyclic amines) is 1. The molecular weight excluding hydrogens is 361 g/mol. The summed E-state index contributed by atoms with van der Waals surface area (Å²) in [6, 6.07) is -26.2. The van der Waals surface area contributed by atoms with Gasteiger partial charge in [0, 0.05) is 0 Å². The lowest BCUT2D eigenvalue weighted by atomic mass is 9.93. The molecule has 1 heterocycles. The van der Waals surface area contributed by atoms with Gasteiger partial charge in [0.1, 0.15) is 0 Å². The number of halogens is 13. The fraction of sp³-hybridized carbons (Fsp3) is 0.857. The van der Waals surface area contributed by atoms with Crippen LogP contribution in [0.4, 0.5) is 57.1 Å². The SMILES string of the molecule is O=C(F)C(F)(F)N1C(F)(F)C(F)(F)C(F)(F)C(F)(F)C1(F)F. The number of hydrogen-bond donors (Lipinski definition) is 0. The predicted molar refractivity (Wildman–Crippen MR) is 37.6 cm³/mol. The summed E-state index contributed by atoms with van der Waals surface area (Å²) in [4.78, 5) is 5.87. The first kappa shape index (κ1) is 18.8. The maximum Gasteiger partial charge on any atom is 0.404 e. The maximum atomic E-state index is 12.9. The molecule has 1 rings (SSSR count). The predicted octanol–water partition coefficient (Wildman–Crippen LogP) is 3.48.